The van der Waals surface area contributed by atoms with Gasteiger partial charge in [0.15, 0.2) is 0 Å². The van der Waals surface area contributed by atoms with Crippen LogP contribution in [0, 0.1) is 0 Å². The van der Waals surface area contributed by atoms with Crippen LogP contribution in [0.25, 0.3) is 11.0 Å². The Morgan fingerprint density at radius 1 is 1.03 bits per heavy atom. The van der Waals surface area contributed by atoms with E-state index in [1.165, 1.54) is 15.3 Å². The van der Waals surface area contributed by atoms with Gasteiger partial charge in [-0.1, -0.05) is 48.3 Å². The van der Waals surface area contributed by atoms with Gasteiger partial charge in [-0.15, -0.1) is 0 Å². The topological polar surface area (TPSA) is 66.1 Å². The van der Waals surface area contributed by atoms with Crippen molar-refractivity contribution >= 4 is 34.2 Å². The lowest BCUT2D eigenvalue weighted by atomic mass is 10.0. The number of nitrogens with zero attached hydrogens (tertiary/aromatic N) is 3. The smallest absolute Gasteiger partial charge is 0.332 e. The van der Waals surface area contributed by atoms with Crippen LogP contribution in [0.15, 0.2) is 64.3 Å². The van der Waals surface area contributed by atoms with Gasteiger partial charge in [0.05, 0.1) is 11.6 Å². The number of benzene rings is 2. The van der Waals surface area contributed by atoms with E-state index in [1.807, 2.05) is 19.1 Å². The lowest BCUT2D eigenvalue weighted by Gasteiger charge is -2.16. The van der Waals surface area contributed by atoms with Crippen LogP contribution in [0.1, 0.15) is 24.5 Å². The Bertz CT molecular complexity index is 1410. The molecule has 0 bridgehead atoms. The fraction of sp³-hybridized carbons (Fsp3) is 0.208. The molecule has 0 fully saturated rings. The number of aromatic nitrogens is 3. The largest absolute Gasteiger partial charge is 0.455 e. The highest BCUT2D eigenvalue weighted by Crippen LogP contribution is 2.31. The van der Waals surface area contributed by atoms with Gasteiger partial charge in [-0.3, -0.25) is 13.9 Å². The third-order valence-corrected chi connectivity index (χ3v) is 5.67. The van der Waals surface area contributed by atoms with Crippen molar-refractivity contribution < 1.29 is 4.74 Å². The van der Waals surface area contributed by atoms with Crippen LogP contribution in [-0.4, -0.2) is 14.1 Å². The number of aryl methyl sites for hydroxylation is 1. The maximum Gasteiger partial charge on any atom is 0.332 e. The minimum atomic E-state index is -0.391. The summed E-state index contributed by atoms with van der Waals surface area (Å²) in [5, 5.41) is 1.51. The molecular formula is C24H21Cl2N3O3. The second kappa shape index (κ2) is 9.18. The third kappa shape index (κ3) is 4.29. The van der Waals surface area contributed by atoms with Crippen molar-refractivity contribution in [1.82, 2.24) is 14.1 Å². The Morgan fingerprint density at radius 3 is 2.47 bits per heavy atom. The lowest BCUT2D eigenvalue weighted by molar-refractivity contribution is 0.475. The first-order valence-corrected chi connectivity index (χ1v) is 10.9. The second-order valence-electron chi connectivity index (χ2n) is 7.46. The normalized spacial score (nSPS) is 11.1. The average molecular weight is 470 g/mol. The van der Waals surface area contributed by atoms with Crippen molar-refractivity contribution in [3.05, 3.63) is 96.7 Å². The fourth-order valence-electron chi connectivity index (χ4n) is 3.64. The van der Waals surface area contributed by atoms with Crippen LogP contribution < -0.4 is 16.0 Å². The van der Waals surface area contributed by atoms with Gasteiger partial charge in [0.1, 0.15) is 17.1 Å². The van der Waals surface area contributed by atoms with E-state index in [2.05, 4.69) is 4.98 Å². The summed E-state index contributed by atoms with van der Waals surface area (Å²) in [6, 6.07) is 14.4. The molecule has 2 aromatic heterocycles. The van der Waals surface area contributed by atoms with E-state index in [1.54, 1.807) is 43.4 Å². The van der Waals surface area contributed by atoms with Crippen LogP contribution in [0.5, 0.6) is 11.5 Å². The van der Waals surface area contributed by atoms with Crippen molar-refractivity contribution in [3.63, 3.8) is 0 Å². The van der Waals surface area contributed by atoms with E-state index in [4.69, 9.17) is 27.9 Å². The van der Waals surface area contributed by atoms with Crippen molar-refractivity contribution in [2.45, 2.75) is 26.3 Å². The van der Waals surface area contributed by atoms with E-state index in [0.717, 1.165) is 5.56 Å². The summed E-state index contributed by atoms with van der Waals surface area (Å²) in [7, 11) is 1.62. The highest BCUT2D eigenvalue weighted by molar-refractivity contribution is 6.30. The molecule has 0 amide bonds. The summed E-state index contributed by atoms with van der Waals surface area (Å²) < 4.78 is 8.76. The molecule has 164 valence electrons. The number of ether oxygens (including phenoxy) is 1. The number of hydrogen-bond acceptors (Lipinski definition) is 4. The quantitative estimate of drug-likeness (QED) is 0.389. The number of pyridine rings is 1. The lowest BCUT2D eigenvalue weighted by Crippen LogP contribution is -2.39. The minimum absolute atomic E-state index is 0.315. The zero-order chi connectivity index (χ0) is 22.8. The predicted molar refractivity (Wildman–Crippen MR) is 127 cm³/mol. The maximum absolute atomic E-state index is 13.4. The monoisotopic (exact) mass is 469 g/mol. The summed E-state index contributed by atoms with van der Waals surface area (Å²) >= 11 is 12.2. The molecule has 32 heavy (non-hydrogen) atoms. The number of hydrogen-bond donors (Lipinski definition) is 0. The SMILES string of the molecule is CCCn1c(=O)c2c(Cc3ccc(Cl)cc3)c(Oc3cccc(Cl)c3)cnc2n(C)c1=O. The van der Waals surface area contributed by atoms with Crippen LogP contribution in [0.3, 0.4) is 0 Å². The van der Waals surface area contributed by atoms with E-state index in [0.29, 0.717) is 57.5 Å². The fourth-order valence-corrected chi connectivity index (χ4v) is 3.95. The summed E-state index contributed by atoms with van der Waals surface area (Å²) in [5.74, 6) is 0.947. The first-order valence-electron chi connectivity index (χ1n) is 10.2. The Hall–Kier alpha value is -3.09. The molecule has 0 aliphatic rings. The van der Waals surface area contributed by atoms with E-state index < -0.39 is 5.69 Å². The van der Waals surface area contributed by atoms with Crippen LogP contribution >= 0.6 is 23.2 Å². The molecule has 0 unspecified atom stereocenters. The molecule has 0 saturated heterocycles. The van der Waals surface area contributed by atoms with Crippen molar-refractivity contribution in [2.24, 2.45) is 7.05 Å². The van der Waals surface area contributed by atoms with Crippen LogP contribution in [-0.2, 0) is 20.0 Å². The van der Waals surface area contributed by atoms with E-state index in [-0.39, 0.29) is 5.56 Å². The Morgan fingerprint density at radius 2 is 1.78 bits per heavy atom. The molecule has 0 radical (unpaired) electrons. The van der Waals surface area contributed by atoms with Crippen molar-refractivity contribution in [2.75, 3.05) is 0 Å². The molecule has 0 saturated carbocycles. The summed E-state index contributed by atoms with van der Waals surface area (Å²) in [6.07, 6.45) is 2.59. The molecule has 0 aliphatic carbocycles. The second-order valence-corrected chi connectivity index (χ2v) is 8.33. The van der Waals surface area contributed by atoms with Crippen LogP contribution in [0.4, 0.5) is 0 Å². The van der Waals surface area contributed by atoms with Gasteiger partial charge in [0.2, 0.25) is 0 Å². The maximum atomic E-state index is 13.4. The van der Waals surface area contributed by atoms with Gasteiger partial charge in [-0.2, -0.15) is 0 Å². The molecule has 4 aromatic rings. The Balaban J connectivity index is 1.98. The van der Waals surface area contributed by atoms with Crippen LogP contribution in [0.2, 0.25) is 10.0 Å². The molecule has 4 rings (SSSR count). The zero-order valence-electron chi connectivity index (χ0n) is 17.6. The molecule has 0 aliphatic heterocycles. The summed E-state index contributed by atoms with van der Waals surface area (Å²) in [4.78, 5) is 30.6. The Labute approximate surface area is 194 Å². The minimum Gasteiger partial charge on any atom is -0.455 e. The zero-order valence-corrected chi connectivity index (χ0v) is 19.2. The molecule has 2 heterocycles. The van der Waals surface area contributed by atoms with Gasteiger partial charge in [0, 0.05) is 35.6 Å². The molecular weight excluding hydrogens is 449 g/mol. The van der Waals surface area contributed by atoms with Gasteiger partial charge in [0.25, 0.3) is 5.56 Å². The molecule has 0 spiro atoms. The highest BCUT2D eigenvalue weighted by atomic mass is 35.5. The first-order chi connectivity index (χ1) is 15.4. The van der Waals surface area contributed by atoms with E-state index in [9.17, 15) is 9.59 Å². The number of rotatable bonds is 6. The van der Waals surface area contributed by atoms with E-state index >= 15 is 0 Å². The average Bonchev–Trinajstić information content (AvgIpc) is 2.77. The van der Waals surface area contributed by atoms with Gasteiger partial charge in [-0.05, 0) is 42.3 Å². The predicted octanol–water partition coefficient (Wildman–Crippen LogP) is 5.20. The molecule has 0 atom stereocenters. The van der Waals surface area contributed by atoms with Gasteiger partial charge < -0.3 is 4.74 Å². The Kier molecular flexibility index (Phi) is 6.35. The number of fused-ring (bicyclic) bond motifs is 1. The summed E-state index contributed by atoms with van der Waals surface area (Å²) in [5.41, 5.74) is 1.13. The highest BCUT2D eigenvalue weighted by Gasteiger charge is 2.20. The number of halogens is 2. The third-order valence-electron chi connectivity index (χ3n) is 5.19. The van der Waals surface area contributed by atoms with Gasteiger partial charge in [-0.25, -0.2) is 9.78 Å². The molecule has 6 nitrogen and oxygen atoms in total. The van der Waals surface area contributed by atoms with Crippen molar-refractivity contribution in [1.29, 1.82) is 0 Å². The van der Waals surface area contributed by atoms with Crippen molar-refractivity contribution in [3.8, 4) is 11.5 Å². The molecule has 2 aromatic carbocycles. The standard InChI is InChI=1S/C24H21Cl2N3O3/c1-3-11-29-23(30)21-19(12-15-7-9-16(25)10-8-15)20(14-27-22(21)28(2)24(29)31)32-18-6-4-5-17(26)13-18/h4-10,13-14H,3,11-12H2,1-2H3. The molecule has 8 heteroatoms. The molecule has 0 N–H and O–H groups in total. The first kappa shape index (κ1) is 22.1. The van der Waals surface area contributed by atoms with Gasteiger partial charge >= 0.3 is 5.69 Å². The summed E-state index contributed by atoms with van der Waals surface area (Å²) in [6.45, 7) is 2.24.